The molecule has 6 nitrogen and oxygen atoms in total. The van der Waals surface area contributed by atoms with Crippen LogP contribution in [0.3, 0.4) is 0 Å². The smallest absolute Gasteiger partial charge is 0.348 e. The van der Waals surface area contributed by atoms with Gasteiger partial charge in [0.15, 0.2) is 10.9 Å². The van der Waals surface area contributed by atoms with Crippen LogP contribution >= 0.6 is 11.3 Å². The van der Waals surface area contributed by atoms with E-state index < -0.39 is 0 Å². The summed E-state index contributed by atoms with van der Waals surface area (Å²) < 4.78 is 2.08. The summed E-state index contributed by atoms with van der Waals surface area (Å²) in [4.78, 5) is 36.5. The molecule has 1 aliphatic rings. The van der Waals surface area contributed by atoms with Gasteiger partial charge in [0, 0.05) is 31.1 Å². The Kier molecular flexibility index (Phi) is 8.33. The Balaban J connectivity index is 0.000000858. The molecule has 3 heterocycles. The second-order valence-electron chi connectivity index (χ2n) is 7.55. The highest BCUT2D eigenvalue weighted by molar-refractivity contribution is 7.13. The first-order chi connectivity index (χ1) is 15.1. The van der Waals surface area contributed by atoms with E-state index in [1.165, 1.54) is 24.8 Å². The van der Waals surface area contributed by atoms with Crippen LogP contribution < -0.4 is 4.90 Å². The van der Waals surface area contributed by atoms with Gasteiger partial charge in [-0.2, -0.15) is 9.59 Å². The van der Waals surface area contributed by atoms with E-state index in [1.54, 1.807) is 11.3 Å². The topological polar surface area (TPSA) is 72.3 Å². The summed E-state index contributed by atoms with van der Waals surface area (Å²) in [6.45, 7) is 5.00. The lowest BCUT2D eigenvalue weighted by molar-refractivity contribution is -0.191. The number of aryl methyl sites for hydroxylation is 1. The van der Waals surface area contributed by atoms with Gasteiger partial charge in [-0.25, -0.2) is 4.98 Å². The number of ketones is 1. The molecule has 0 aliphatic carbocycles. The first-order valence-corrected chi connectivity index (χ1v) is 11.5. The Bertz CT molecular complexity index is 1010. The number of hydrogen-bond acceptors (Lipinski definition) is 6. The Labute approximate surface area is 186 Å². The monoisotopic (exact) mass is 437 g/mol. The van der Waals surface area contributed by atoms with Crippen molar-refractivity contribution in [1.82, 2.24) is 9.55 Å². The van der Waals surface area contributed by atoms with Gasteiger partial charge in [0.05, 0.1) is 17.9 Å². The van der Waals surface area contributed by atoms with Crippen LogP contribution in [0.4, 0.5) is 5.13 Å². The molecule has 0 atom stereocenters. The van der Waals surface area contributed by atoms with Crippen LogP contribution in [0.1, 0.15) is 53.5 Å². The molecule has 0 spiro atoms. The number of aromatic nitrogens is 2. The van der Waals surface area contributed by atoms with Crippen molar-refractivity contribution in [2.75, 3.05) is 18.0 Å². The molecule has 0 radical (unpaired) electrons. The molecule has 0 bridgehead atoms. The van der Waals surface area contributed by atoms with Crippen molar-refractivity contribution >= 4 is 28.4 Å². The van der Waals surface area contributed by atoms with Gasteiger partial charge in [-0.05, 0) is 42.9 Å². The van der Waals surface area contributed by atoms with E-state index >= 15 is 0 Å². The molecular weight excluding hydrogens is 410 g/mol. The summed E-state index contributed by atoms with van der Waals surface area (Å²) in [5.74, 6) is 0.164. The first kappa shape index (κ1) is 22.7. The van der Waals surface area contributed by atoms with Gasteiger partial charge in [-0.15, -0.1) is 11.3 Å². The fourth-order valence-electron chi connectivity index (χ4n) is 3.78. The van der Waals surface area contributed by atoms with Crippen LogP contribution in [-0.4, -0.2) is 34.6 Å². The number of Topliss-reactive ketones (excluding diaryl/α,β-unsaturated/α-hetero) is 1. The Hall–Kier alpha value is -3.02. The number of carbonyl (C=O) groups excluding carboxylic acids is 3. The SMILES string of the molecule is CCc1cc(C(=O)Cc2ccccc2)n(Cc2csc(N3CCCCC3)n2)c1.O=C=O. The summed E-state index contributed by atoms with van der Waals surface area (Å²) >= 11 is 1.72. The standard InChI is InChI=1S/C23H27N3OS.CO2/c1-2-18-13-21(22(27)14-19-9-5-3-6-10-19)26(15-18)16-20-17-28-23(24-20)25-11-7-4-8-12-25;2-1-3/h3,5-6,9-10,13,15,17H,2,4,7-8,11-12,14,16H2,1H3;. The van der Waals surface area contributed by atoms with Gasteiger partial charge in [-0.1, -0.05) is 37.3 Å². The summed E-state index contributed by atoms with van der Waals surface area (Å²) in [6, 6.07) is 12.0. The number of carbonyl (C=O) groups is 1. The maximum Gasteiger partial charge on any atom is 0.373 e. The zero-order valence-corrected chi connectivity index (χ0v) is 18.6. The zero-order chi connectivity index (χ0) is 22.1. The van der Waals surface area contributed by atoms with Crippen molar-refractivity contribution in [3.63, 3.8) is 0 Å². The third-order valence-corrected chi connectivity index (χ3v) is 6.30. The van der Waals surface area contributed by atoms with Gasteiger partial charge in [0.1, 0.15) is 0 Å². The molecule has 1 saturated heterocycles. The molecule has 1 fully saturated rings. The molecule has 1 aliphatic heterocycles. The van der Waals surface area contributed by atoms with Gasteiger partial charge in [-0.3, -0.25) is 4.79 Å². The fraction of sp³-hybridized carbons (Fsp3) is 0.375. The summed E-state index contributed by atoms with van der Waals surface area (Å²) in [7, 11) is 0. The predicted octanol–water partition coefficient (Wildman–Crippen LogP) is 4.39. The Morgan fingerprint density at radius 3 is 2.48 bits per heavy atom. The molecular formula is C24H27N3O3S. The molecule has 7 heteroatoms. The molecule has 1 aromatic carbocycles. The zero-order valence-electron chi connectivity index (χ0n) is 17.8. The van der Waals surface area contributed by atoms with Crippen molar-refractivity contribution in [3.05, 3.63) is 70.5 Å². The van der Waals surface area contributed by atoms with Crippen LogP contribution in [0.5, 0.6) is 0 Å². The molecule has 3 aromatic rings. The second-order valence-corrected chi connectivity index (χ2v) is 8.39. The van der Waals surface area contributed by atoms with E-state index in [4.69, 9.17) is 14.6 Å². The number of piperidine rings is 1. The minimum atomic E-state index is 0.164. The third-order valence-electron chi connectivity index (χ3n) is 5.35. The first-order valence-electron chi connectivity index (χ1n) is 10.6. The highest BCUT2D eigenvalue weighted by Crippen LogP contribution is 2.25. The van der Waals surface area contributed by atoms with Crippen molar-refractivity contribution in [2.45, 2.75) is 45.6 Å². The molecule has 2 aromatic heterocycles. The minimum Gasteiger partial charge on any atom is -0.348 e. The summed E-state index contributed by atoms with van der Waals surface area (Å²) in [6.07, 6.45) is 7.55. The lowest BCUT2D eigenvalue weighted by Gasteiger charge is -2.25. The van der Waals surface area contributed by atoms with Crippen molar-refractivity contribution in [1.29, 1.82) is 0 Å². The van der Waals surface area contributed by atoms with Crippen LogP contribution in [0.15, 0.2) is 48.0 Å². The molecule has 162 valence electrons. The number of hydrogen-bond donors (Lipinski definition) is 0. The van der Waals surface area contributed by atoms with E-state index in [9.17, 15) is 4.79 Å². The lowest BCUT2D eigenvalue weighted by Crippen LogP contribution is -2.29. The normalized spacial score (nSPS) is 13.3. The van der Waals surface area contributed by atoms with E-state index in [1.807, 2.05) is 36.4 Å². The number of benzene rings is 1. The van der Waals surface area contributed by atoms with Crippen molar-refractivity contribution < 1.29 is 14.4 Å². The molecule has 4 rings (SSSR count). The van der Waals surface area contributed by atoms with Crippen LogP contribution in [0.2, 0.25) is 0 Å². The van der Waals surface area contributed by atoms with Gasteiger partial charge < -0.3 is 9.47 Å². The van der Waals surface area contributed by atoms with Crippen LogP contribution in [0.25, 0.3) is 0 Å². The molecule has 0 amide bonds. The molecule has 0 saturated carbocycles. The largest absolute Gasteiger partial charge is 0.373 e. The van der Waals surface area contributed by atoms with Crippen molar-refractivity contribution in [2.24, 2.45) is 0 Å². The summed E-state index contributed by atoms with van der Waals surface area (Å²) in [5, 5.41) is 3.26. The lowest BCUT2D eigenvalue weighted by atomic mass is 10.1. The summed E-state index contributed by atoms with van der Waals surface area (Å²) in [5.41, 5.74) is 4.08. The average molecular weight is 438 g/mol. The fourth-order valence-corrected chi connectivity index (χ4v) is 4.65. The second kappa shape index (κ2) is 11.4. The quantitative estimate of drug-likeness (QED) is 0.513. The number of thiazole rings is 1. The number of nitrogens with zero attached hydrogens (tertiary/aromatic N) is 3. The van der Waals surface area contributed by atoms with Gasteiger partial charge in [0.2, 0.25) is 0 Å². The predicted molar refractivity (Wildman–Crippen MR) is 121 cm³/mol. The number of anilines is 1. The van der Waals surface area contributed by atoms with Crippen LogP contribution in [-0.2, 0) is 29.0 Å². The van der Waals surface area contributed by atoms with E-state index in [0.717, 1.165) is 41.6 Å². The number of rotatable bonds is 7. The average Bonchev–Trinajstić information content (AvgIpc) is 3.43. The highest BCUT2D eigenvalue weighted by atomic mass is 32.1. The maximum atomic E-state index is 13.0. The van der Waals surface area contributed by atoms with E-state index in [0.29, 0.717) is 13.0 Å². The van der Waals surface area contributed by atoms with Gasteiger partial charge in [0.25, 0.3) is 0 Å². The Morgan fingerprint density at radius 2 is 1.81 bits per heavy atom. The third kappa shape index (κ3) is 6.23. The maximum absolute atomic E-state index is 13.0. The molecule has 31 heavy (non-hydrogen) atoms. The van der Waals surface area contributed by atoms with E-state index in [2.05, 4.69) is 28.0 Å². The highest BCUT2D eigenvalue weighted by Gasteiger charge is 2.17. The minimum absolute atomic E-state index is 0.164. The van der Waals surface area contributed by atoms with Crippen LogP contribution in [0, 0.1) is 0 Å². The molecule has 0 unspecified atom stereocenters. The van der Waals surface area contributed by atoms with E-state index in [-0.39, 0.29) is 11.9 Å². The molecule has 0 N–H and O–H groups in total. The van der Waals surface area contributed by atoms with Crippen molar-refractivity contribution in [3.8, 4) is 0 Å². The van der Waals surface area contributed by atoms with Gasteiger partial charge >= 0.3 is 6.15 Å². The Morgan fingerprint density at radius 1 is 1.10 bits per heavy atom.